The maximum Gasteiger partial charge on any atom is 0.342 e. The Balaban J connectivity index is 2.08. The van der Waals surface area contributed by atoms with Crippen LogP contribution in [0, 0.1) is 0 Å². The lowest BCUT2D eigenvalue weighted by molar-refractivity contribution is 0.0464. The highest BCUT2D eigenvalue weighted by Gasteiger charge is 2.16. The summed E-state index contributed by atoms with van der Waals surface area (Å²) in [6, 6.07) is 9.97. The monoisotopic (exact) mass is 259 g/mol. The maximum absolute atomic E-state index is 11.8. The molecule has 1 aromatic heterocycles. The van der Waals surface area contributed by atoms with Gasteiger partial charge < -0.3 is 14.6 Å². The van der Waals surface area contributed by atoms with Crippen LogP contribution in [0.15, 0.2) is 42.6 Å². The van der Waals surface area contributed by atoms with Crippen molar-refractivity contribution in [3.63, 3.8) is 0 Å². The molecular weight excluding hydrogens is 246 g/mol. The number of ether oxygens (including phenoxy) is 2. The summed E-state index contributed by atoms with van der Waals surface area (Å²) >= 11 is 0. The van der Waals surface area contributed by atoms with Crippen LogP contribution >= 0.6 is 0 Å². The van der Waals surface area contributed by atoms with Crippen molar-refractivity contribution in [2.75, 3.05) is 7.11 Å². The summed E-state index contributed by atoms with van der Waals surface area (Å²) in [6.07, 6.45) is 1.62. The Morgan fingerprint density at radius 3 is 2.79 bits per heavy atom. The van der Waals surface area contributed by atoms with Crippen LogP contribution in [-0.4, -0.2) is 23.2 Å². The van der Waals surface area contributed by atoms with Crippen molar-refractivity contribution < 1.29 is 19.4 Å². The van der Waals surface area contributed by atoms with Crippen molar-refractivity contribution >= 4 is 5.97 Å². The van der Waals surface area contributed by atoms with Crippen LogP contribution in [0.2, 0.25) is 0 Å². The molecule has 0 aliphatic carbocycles. The first kappa shape index (κ1) is 12.9. The average Bonchev–Trinajstić information content (AvgIpc) is 2.46. The number of nitrogens with zero attached hydrogens (tertiary/aromatic N) is 1. The summed E-state index contributed by atoms with van der Waals surface area (Å²) in [6.45, 7) is 0.0519. The Kier molecular flexibility index (Phi) is 3.97. The van der Waals surface area contributed by atoms with E-state index < -0.39 is 5.97 Å². The lowest BCUT2D eigenvalue weighted by atomic mass is 10.2. The summed E-state index contributed by atoms with van der Waals surface area (Å²) in [7, 11) is 1.41. The summed E-state index contributed by atoms with van der Waals surface area (Å²) < 4.78 is 10.0. The molecule has 0 unspecified atom stereocenters. The highest BCUT2D eigenvalue weighted by atomic mass is 16.5. The molecule has 0 aliphatic heterocycles. The van der Waals surface area contributed by atoms with E-state index in [2.05, 4.69) is 4.98 Å². The molecule has 1 heterocycles. The van der Waals surface area contributed by atoms with Gasteiger partial charge in [0.05, 0.1) is 12.8 Å². The largest absolute Gasteiger partial charge is 0.504 e. The van der Waals surface area contributed by atoms with Crippen molar-refractivity contribution in [1.82, 2.24) is 4.98 Å². The number of phenolic OH excluding ortho intramolecular Hbond substituents is 1. The molecule has 5 heteroatoms. The number of rotatable bonds is 4. The van der Waals surface area contributed by atoms with Gasteiger partial charge in [0, 0.05) is 6.20 Å². The first-order valence-electron chi connectivity index (χ1n) is 5.65. The second kappa shape index (κ2) is 5.86. The van der Waals surface area contributed by atoms with Gasteiger partial charge in [0.15, 0.2) is 11.5 Å². The van der Waals surface area contributed by atoms with Crippen LogP contribution in [0.25, 0.3) is 0 Å². The molecule has 0 saturated carbocycles. The fourth-order valence-corrected chi connectivity index (χ4v) is 1.55. The molecule has 0 fully saturated rings. The van der Waals surface area contributed by atoms with Gasteiger partial charge in [0.25, 0.3) is 0 Å². The Morgan fingerprint density at radius 2 is 2.11 bits per heavy atom. The summed E-state index contributed by atoms with van der Waals surface area (Å²) in [5.74, 6) is -0.620. The predicted octanol–water partition coefficient (Wildman–Crippen LogP) is 2.15. The molecule has 1 aromatic carbocycles. The van der Waals surface area contributed by atoms with Crippen molar-refractivity contribution in [2.24, 2.45) is 0 Å². The van der Waals surface area contributed by atoms with Crippen molar-refractivity contribution in [3.8, 4) is 11.5 Å². The van der Waals surface area contributed by atoms with E-state index in [9.17, 15) is 9.90 Å². The number of esters is 1. The van der Waals surface area contributed by atoms with E-state index in [-0.39, 0.29) is 23.7 Å². The molecule has 0 saturated heterocycles. The third kappa shape index (κ3) is 3.01. The van der Waals surface area contributed by atoms with E-state index >= 15 is 0 Å². The van der Waals surface area contributed by atoms with Crippen LogP contribution in [0.3, 0.4) is 0 Å². The van der Waals surface area contributed by atoms with E-state index in [1.807, 2.05) is 0 Å². The minimum absolute atomic E-state index is 0.0519. The van der Waals surface area contributed by atoms with Gasteiger partial charge >= 0.3 is 5.97 Å². The molecule has 5 nitrogen and oxygen atoms in total. The van der Waals surface area contributed by atoms with Gasteiger partial charge in [-0.05, 0) is 24.3 Å². The third-order valence-electron chi connectivity index (χ3n) is 2.52. The van der Waals surface area contributed by atoms with Crippen molar-refractivity contribution in [1.29, 1.82) is 0 Å². The smallest absolute Gasteiger partial charge is 0.342 e. The van der Waals surface area contributed by atoms with Crippen LogP contribution in [0.1, 0.15) is 16.1 Å². The summed E-state index contributed by atoms with van der Waals surface area (Å²) in [5, 5.41) is 9.81. The predicted molar refractivity (Wildman–Crippen MR) is 68.0 cm³/mol. The second-order valence-electron chi connectivity index (χ2n) is 3.75. The van der Waals surface area contributed by atoms with Crippen LogP contribution in [-0.2, 0) is 11.3 Å². The summed E-state index contributed by atoms with van der Waals surface area (Å²) in [4.78, 5) is 15.9. The number of pyridine rings is 1. The zero-order valence-electron chi connectivity index (χ0n) is 10.4. The lowest BCUT2D eigenvalue weighted by Crippen LogP contribution is -2.06. The normalized spacial score (nSPS) is 9.95. The highest BCUT2D eigenvalue weighted by Crippen LogP contribution is 2.29. The van der Waals surface area contributed by atoms with Gasteiger partial charge in [-0.2, -0.15) is 0 Å². The number of aromatic hydroxyl groups is 1. The van der Waals surface area contributed by atoms with Gasteiger partial charge in [-0.1, -0.05) is 12.1 Å². The fraction of sp³-hybridized carbons (Fsp3) is 0.143. The molecule has 0 bridgehead atoms. The Morgan fingerprint density at radius 1 is 1.26 bits per heavy atom. The first-order chi connectivity index (χ1) is 9.22. The molecule has 0 aliphatic rings. The first-order valence-corrected chi connectivity index (χ1v) is 5.65. The Bertz CT molecular complexity index is 569. The van der Waals surface area contributed by atoms with Crippen molar-refractivity contribution in [3.05, 3.63) is 53.9 Å². The van der Waals surface area contributed by atoms with Crippen LogP contribution < -0.4 is 4.74 Å². The lowest BCUT2D eigenvalue weighted by Gasteiger charge is -2.08. The fourth-order valence-electron chi connectivity index (χ4n) is 1.55. The molecule has 0 spiro atoms. The minimum Gasteiger partial charge on any atom is -0.504 e. The van der Waals surface area contributed by atoms with E-state index in [4.69, 9.17) is 9.47 Å². The Hall–Kier alpha value is -2.56. The topological polar surface area (TPSA) is 68.7 Å². The zero-order valence-corrected chi connectivity index (χ0v) is 10.4. The number of carbonyl (C=O) groups is 1. The van der Waals surface area contributed by atoms with Crippen molar-refractivity contribution in [2.45, 2.75) is 6.61 Å². The Labute approximate surface area is 110 Å². The number of methoxy groups -OCH3 is 1. The quantitative estimate of drug-likeness (QED) is 0.852. The molecule has 98 valence electrons. The summed E-state index contributed by atoms with van der Waals surface area (Å²) in [5.41, 5.74) is 0.702. The minimum atomic E-state index is -0.623. The zero-order chi connectivity index (χ0) is 13.7. The SMILES string of the molecule is COc1cccc(C(=O)OCc2ccccn2)c1O. The number of hydrogen-bond donors (Lipinski definition) is 1. The number of para-hydroxylation sites is 1. The molecule has 0 radical (unpaired) electrons. The molecule has 19 heavy (non-hydrogen) atoms. The van der Waals surface area contributed by atoms with Crippen LogP contribution in [0.4, 0.5) is 0 Å². The molecule has 1 N–H and O–H groups in total. The maximum atomic E-state index is 11.8. The molecule has 0 atom stereocenters. The molecular formula is C14H13NO4. The van der Waals surface area contributed by atoms with Gasteiger partial charge in [-0.15, -0.1) is 0 Å². The number of aromatic nitrogens is 1. The number of carbonyl (C=O) groups excluding carboxylic acids is 1. The number of benzene rings is 1. The standard InChI is InChI=1S/C14H13NO4/c1-18-12-7-4-6-11(13(12)16)14(17)19-9-10-5-2-3-8-15-10/h2-8,16H,9H2,1H3. The van der Waals surface area contributed by atoms with Gasteiger partial charge in [-0.3, -0.25) is 4.98 Å². The third-order valence-corrected chi connectivity index (χ3v) is 2.52. The van der Waals surface area contributed by atoms with E-state index in [1.165, 1.54) is 13.2 Å². The van der Waals surface area contributed by atoms with Gasteiger partial charge in [0.1, 0.15) is 12.2 Å². The number of hydrogen-bond acceptors (Lipinski definition) is 5. The molecule has 2 rings (SSSR count). The molecule has 2 aromatic rings. The highest BCUT2D eigenvalue weighted by molar-refractivity contribution is 5.93. The average molecular weight is 259 g/mol. The van der Waals surface area contributed by atoms with E-state index in [1.54, 1.807) is 36.5 Å². The van der Waals surface area contributed by atoms with Gasteiger partial charge in [0.2, 0.25) is 0 Å². The van der Waals surface area contributed by atoms with Crippen LogP contribution in [0.5, 0.6) is 11.5 Å². The number of phenols is 1. The molecule has 0 amide bonds. The van der Waals surface area contributed by atoms with E-state index in [0.29, 0.717) is 5.69 Å². The van der Waals surface area contributed by atoms with Gasteiger partial charge in [-0.25, -0.2) is 4.79 Å². The second-order valence-corrected chi connectivity index (χ2v) is 3.75. The van der Waals surface area contributed by atoms with E-state index in [0.717, 1.165) is 0 Å².